The summed E-state index contributed by atoms with van der Waals surface area (Å²) in [6, 6.07) is 11.2. The van der Waals surface area contributed by atoms with Gasteiger partial charge in [0.25, 0.3) is 0 Å². The molecule has 5 heteroatoms. The van der Waals surface area contributed by atoms with Crippen LogP contribution in [0.2, 0.25) is 0 Å². The van der Waals surface area contributed by atoms with Gasteiger partial charge >= 0.3 is 0 Å². The van der Waals surface area contributed by atoms with E-state index in [-0.39, 0.29) is 12.4 Å². The van der Waals surface area contributed by atoms with E-state index in [4.69, 9.17) is 0 Å². The molecule has 0 unspecified atom stereocenters. The van der Waals surface area contributed by atoms with Crippen LogP contribution in [0.25, 0.3) is 16.5 Å². The molecule has 5 nitrogen and oxygen atoms in total. The second kappa shape index (κ2) is 5.10. The average molecular weight is 295 g/mol. The summed E-state index contributed by atoms with van der Waals surface area (Å²) in [4.78, 5) is 0. The van der Waals surface area contributed by atoms with Gasteiger partial charge in [-0.05, 0) is 25.0 Å². The number of aromatic hydroxyl groups is 1. The van der Waals surface area contributed by atoms with Gasteiger partial charge in [0.1, 0.15) is 11.4 Å². The maximum atomic E-state index is 10.0. The molecule has 0 bridgehead atoms. The van der Waals surface area contributed by atoms with Gasteiger partial charge < -0.3 is 10.2 Å². The molecule has 0 amide bonds. The third kappa shape index (κ3) is 1.89. The van der Waals surface area contributed by atoms with Crippen LogP contribution in [0.3, 0.4) is 0 Å². The molecule has 2 aromatic carbocycles. The number of rotatable bonds is 3. The highest BCUT2D eigenvalue weighted by atomic mass is 16.3. The summed E-state index contributed by atoms with van der Waals surface area (Å²) >= 11 is 0. The molecule has 1 aliphatic rings. The number of aliphatic hydroxyl groups excluding tert-OH is 1. The molecule has 22 heavy (non-hydrogen) atoms. The highest BCUT2D eigenvalue weighted by Gasteiger charge is 2.28. The van der Waals surface area contributed by atoms with Crippen molar-refractivity contribution in [2.75, 3.05) is 0 Å². The van der Waals surface area contributed by atoms with Crippen LogP contribution in [0.5, 0.6) is 5.75 Å². The monoisotopic (exact) mass is 295 g/mol. The first-order chi connectivity index (χ1) is 10.8. The van der Waals surface area contributed by atoms with E-state index in [9.17, 15) is 10.2 Å². The fourth-order valence-electron chi connectivity index (χ4n) is 3.16. The Bertz CT molecular complexity index is 837. The van der Waals surface area contributed by atoms with E-state index in [0.29, 0.717) is 11.6 Å². The molecule has 1 saturated carbocycles. The Labute approximate surface area is 127 Å². The van der Waals surface area contributed by atoms with E-state index in [1.807, 2.05) is 35.0 Å². The Morgan fingerprint density at radius 1 is 1.09 bits per heavy atom. The summed E-state index contributed by atoms with van der Waals surface area (Å²) in [6.07, 6.45) is 3.42. The maximum Gasteiger partial charge on any atom is 0.123 e. The van der Waals surface area contributed by atoms with Crippen molar-refractivity contribution in [1.82, 2.24) is 15.0 Å². The van der Waals surface area contributed by atoms with Crippen molar-refractivity contribution in [3.8, 4) is 11.4 Å². The Hall–Kier alpha value is -2.40. The molecule has 1 aliphatic carbocycles. The summed E-state index contributed by atoms with van der Waals surface area (Å²) in [6.45, 7) is -0.0954. The number of aliphatic hydroxyl groups is 1. The Balaban J connectivity index is 1.96. The minimum absolute atomic E-state index is 0.0954. The van der Waals surface area contributed by atoms with Crippen LogP contribution in [0.15, 0.2) is 36.4 Å². The van der Waals surface area contributed by atoms with Crippen molar-refractivity contribution in [2.24, 2.45) is 0 Å². The second-order valence-electron chi connectivity index (χ2n) is 5.77. The van der Waals surface area contributed by atoms with Gasteiger partial charge in [0.2, 0.25) is 0 Å². The molecule has 0 aliphatic heterocycles. The number of phenols is 1. The van der Waals surface area contributed by atoms with Gasteiger partial charge in [0.05, 0.1) is 18.0 Å². The van der Waals surface area contributed by atoms with Crippen molar-refractivity contribution in [3.05, 3.63) is 47.8 Å². The Kier molecular flexibility index (Phi) is 3.08. The van der Waals surface area contributed by atoms with Crippen LogP contribution < -0.4 is 0 Å². The van der Waals surface area contributed by atoms with Gasteiger partial charge in [-0.1, -0.05) is 35.9 Å². The molecular formula is C17H17N3O2. The van der Waals surface area contributed by atoms with Crippen molar-refractivity contribution in [2.45, 2.75) is 31.8 Å². The summed E-state index contributed by atoms with van der Waals surface area (Å²) in [5, 5.41) is 29.7. The van der Waals surface area contributed by atoms with Crippen molar-refractivity contribution in [1.29, 1.82) is 0 Å². The lowest BCUT2D eigenvalue weighted by Gasteiger charge is -2.26. The predicted octanol–water partition coefficient (Wildman–Crippen LogP) is 2.89. The summed E-state index contributed by atoms with van der Waals surface area (Å²) in [5.41, 5.74) is 2.55. The molecule has 1 fully saturated rings. The number of hydrogen-bond acceptors (Lipinski definition) is 4. The normalized spacial score (nSPS) is 15.1. The van der Waals surface area contributed by atoms with E-state index in [2.05, 4.69) is 10.3 Å². The number of aromatic nitrogens is 3. The molecule has 0 spiro atoms. The quantitative estimate of drug-likeness (QED) is 0.779. The molecule has 112 valence electrons. The molecule has 3 aromatic rings. The molecule has 0 saturated heterocycles. The zero-order chi connectivity index (χ0) is 15.1. The van der Waals surface area contributed by atoms with Crippen molar-refractivity contribution in [3.63, 3.8) is 0 Å². The minimum atomic E-state index is -0.0954. The van der Waals surface area contributed by atoms with Gasteiger partial charge in [0.15, 0.2) is 0 Å². The lowest BCUT2D eigenvalue weighted by Crippen LogP contribution is -2.16. The van der Waals surface area contributed by atoms with Crippen LogP contribution in [0.4, 0.5) is 0 Å². The minimum Gasteiger partial charge on any atom is -0.507 e. The van der Waals surface area contributed by atoms with E-state index in [0.717, 1.165) is 35.0 Å². The van der Waals surface area contributed by atoms with Crippen LogP contribution in [-0.4, -0.2) is 25.2 Å². The lowest BCUT2D eigenvalue weighted by molar-refractivity contribution is 0.272. The average Bonchev–Trinajstić information content (AvgIpc) is 2.89. The van der Waals surface area contributed by atoms with Crippen LogP contribution in [-0.2, 0) is 6.61 Å². The number of phenolic OH excluding ortho intramolecular Hbond substituents is 1. The summed E-state index contributed by atoms with van der Waals surface area (Å²) < 4.78 is 1.83. The predicted molar refractivity (Wildman–Crippen MR) is 83.0 cm³/mol. The molecule has 0 atom stereocenters. The maximum absolute atomic E-state index is 10.0. The first-order valence-electron chi connectivity index (χ1n) is 7.56. The van der Waals surface area contributed by atoms with E-state index in [1.165, 1.54) is 6.42 Å². The van der Waals surface area contributed by atoms with Gasteiger partial charge in [-0.25, -0.2) is 4.68 Å². The molecular weight excluding hydrogens is 278 g/mol. The van der Waals surface area contributed by atoms with Gasteiger partial charge in [-0.2, -0.15) is 0 Å². The Morgan fingerprint density at radius 3 is 2.59 bits per heavy atom. The molecule has 1 aromatic heterocycles. The molecule has 1 heterocycles. The van der Waals surface area contributed by atoms with E-state index in [1.54, 1.807) is 6.07 Å². The highest BCUT2D eigenvalue weighted by molar-refractivity contribution is 5.94. The molecule has 4 rings (SSSR count). The lowest BCUT2D eigenvalue weighted by atomic mass is 9.82. The van der Waals surface area contributed by atoms with Crippen molar-refractivity contribution >= 4 is 10.8 Å². The van der Waals surface area contributed by atoms with Crippen LogP contribution in [0.1, 0.15) is 36.6 Å². The van der Waals surface area contributed by atoms with Gasteiger partial charge in [-0.3, -0.25) is 0 Å². The van der Waals surface area contributed by atoms with Gasteiger partial charge in [0, 0.05) is 16.7 Å². The van der Waals surface area contributed by atoms with E-state index < -0.39 is 0 Å². The summed E-state index contributed by atoms with van der Waals surface area (Å²) in [7, 11) is 0. The third-order valence-corrected chi connectivity index (χ3v) is 4.52. The molecule has 2 N–H and O–H groups in total. The largest absolute Gasteiger partial charge is 0.507 e. The molecule has 0 radical (unpaired) electrons. The smallest absolute Gasteiger partial charge is 0.123 e. The standard InChI is InChI=1S/C17H17N3O2/c21-10-14-17(11-4-1-5-11)20(19-18-14)15-8-2-7-13-12(15)6-3-9-16(13)22/h2-3,6-9,11,21-22H,1,4-5,10H2. The fourth-order valence-corrected chi connectivity index (χ4v) is 3.16. The highest BCUT2D eigenvalue weighted by Crippen LogP contribution is 2.39. The summed E-state index contributed by atoms with van der Waals surface area (Å²) in [5.74, 6) is 0.664. The number of benzene rings is 2. The number of fused-ring (bicyclic) bond motifs is 1. The first-order valence-corrected chi connectivity index (χ1v) is 7.56. The van der Waals surface area contributed by atoms with Crippen molar-refractivity contribution < 1.29 is 10.2 Å². The third-order valence-electron chi connectivity index (χ3n) is 4.52. The topological polar surface area (TPSA) is 71.2 Å². The number of hydrogen-bond donors (Lipinski definition) is 2. The zero-order valence-corrected chi connectivity index (χ0v) is 12.1. The first kappa shape index (κ1) is 13.3. The Morgan fingerprint density at radius 2 is 1.86 bits per heavy atom. The van der Waals surface area contributed by atoms with Crippen LogP contribution >= 0.6 is 0 Å². The second-order valence-corrected chi connectivity index (χ2v) is 5.77. The van der Waals surface area contributed by atoms with Gasteiger partial charge in [-0.15, -0.1) is 5.10 Å². The fraction of sp³-hybridized carbons (Fsp3) is 0.294. The van der Waals surface area contributed by atoms with Crippen LogP contribution in [0, 0.1) is 0 Å². The number of nitrogens with zero attached hydrogens (tertiary/aromatic N) is 3. The zero-order valence-electron chi connectivity index (χ0n) is 12.1. The van der Waals surface area contributed by atoms with E-state index >= 15 is 0 Å². The SMILES string of the molecule is OCc1nnn(-c2cccc3c(O)cccc23)c1C1CCC1.